The molecule has 1 unspecified atom stereocenters. The van der Waals surface area contributed by atoms with Crippen molar-refractivity contribution in [3.63, 3.8) is 0 Å². The Morgan fingerprint density at radius 1 is 1.29 bits per heavy atom. The summed E-state index contributed by atoms with van der Waals surface area (Å²) in [6.45, 7) is 10.8. The molecule has 1 atom stereocenters. The molecule has 2 heteroatoms. The van der Waals surface area contributed by atoms with E-state index in [9.17, 15) is 5.26 Å². The van der Waals surface area contributed by atoms with E-state index in [0.717, 1.165) is 19.3 Å². The van der Waals surface area contributed by atoms with Gasteiger partial charge >= 0.3 is 0 Å². The first-order valence-corrected chi connectivity index (χ1v) is 5.55. The van der Waals surface area contributed by atoms with E-state index in [1.807, 2.05) is 0 Å². The zero-order chi connectivity index (χ0) is 11.0. The number of nitriles is 1. The largest absolute Gasteiger partial charge is 0.294 e. The molecule has 0 saturated heterocycles. The predicted octanol–water partition coefficient (Wildman–Crippen LogP) is 2.85. The van der Waals surface area contributed by atoms with Crippen LogP contribution in [-0.4, -0.2) is 11.1 Å². The molecule has 0 bridgehead atoms. The first kappa shape index (κ1) is 11.5. The average molecular weight is 194 g/mol. The molecular weight excluding hydrogens is 172 g/mol. The van der Waals surface area contributed by atoms with E-state index in [2.05, 4.69) is 46.0 Å². The summed E-state index contributed by atoms with van der Waals surface area (Å²) in [7, 11) is 0. The van der Waals surface area contributed by atoms with Gasteiger partial charge < -0.3 is 0 Å². The van der Waals surface area contributed by atoms with Crippen molar-refractivity contribution in [1.29, 1.82) is 5.26 Å². The van der Waals surface area contributed by atoms with Crippen LogP contribution in [0.4, 0.5) is 0 Å². The first-order chi connectivity index (χ1) is 6.35. The molecule has 2 nitrogen and oxygen atoms in total. The highest BCUT2D eigenvalue weighted by atomic mass is 15.1. The van der Waals surface area contributed by atoms with Crippen molar-refractivity contribution in [3.8, 4) is 6.07 Å². The summed E-state index contributed by atoms with van der Waals surface area (Å²) in [6.07, 6.45) is 3.21. The minimum atomic E-state index is -0.255. The van der Waals surface area contributed by atoms with Crippen LogP contribution in [0.2, 0.25) is 0 Å². The molecule has 1 aliphatic rings. The summed E-state index contributed by atoms with van der Waals surface area (Å²) in [6, 6.07) is 2.49. The Balaban J connectivity index is 2.80. The van der Waals surface area contributed by atoms with Gasteiger partial charge in [0.2, 0.25) is 0 Å². The Labute approximate surface area is 87.7 Å². The van der Waals surface area contributed by atoms with Gasteiger partial charge in [-0.2, -0.15) is 5.26 Å². The third kappa shape index (κ3) is 1.66. The van der Waals surface area contributed by atoms with Gasteiger partial charge in [-0.3, -0.25) is 5.32 Å². The van der Waals surface area contributed by atoms with Crippen molar-refractivity contribution < 1.29 is 0 Å². The maximum absolute atomic E-state index is 9.31. The van der Waals surface area contributed by atoms with Crippen molar-refractivity contribution in [2.24, 2.45) is 5.41 Å². The molecule has 0 aliphatic heterocycles. The van der Waals surface area contributed by atoms with Crippen LogP contribution >= 0.6 is 0 Å². The van der Waals surface area contributed by atoms with Crippen LogP contribution < -0.4 is 5.32 Å². The highest BCUT2D eigenvalue weighted by Gasteiger charge is 2.66. The molecule has 0 spiro atoms. The third-order valence-corrected chi connectivity index (χ3v) is 3.52. The normalized spacial score (nSPS) is 29.7. The lowest BCUT2D eigenvalue weighted by molar-refractivity contribution is 0.311. The zero-order valence-electron chi connectivity index (χ0n) is 10.1. The lowest BCUT2D eigenvalue weighted by atomic mass is 9.92. The summed E-state index contributed by atoms with van der Waals surface area (Å²) >= 11 is 0. The molecule has 1 N–H and O–H groups in total. The lowest BCUT2D eigenvalue weighted by Crippen LogP contribution is -2.47. The van der Waals surface area contributed by atoms with Crippen molar-refractivity contribution in [1.82, 2.24) is 5.32 Å². The highest BCUT2D eigenvalue weighted by molar-refractivity contribution is 5.32. The predicted molar refractivity (Wildman–Crippen MR) is 58.9 cm³/mol. The molecule has 80 valence electrons. The first-order valence-electron chi connectivity index (χ1n) is 5.55. The van der Waals surface area contributed by atoms with E-state index in [4.69, 9.17) is 0 Å². The molecule has 0 heterocycles. The maximum Gasteiger partial charge on any atom is 0.113 e. The minimum absolute atomic E-state index is 0.0296. The number of nitrogens with one attached hydrogen (secondary N) is 1. The van der Waals surface area contributed by atoms with Gasteiger partial charge in [0.15, 0.2) is 0 Å². The Bertz CT molecular complexity index is 252. The van der Waals surface area contributed by atoms with Gasteiger partial charge in [0.1, 0.15) is 5.54 Å². The van der Waals surface area contributed by atoms with E-state index < -0.39 is 0 Å². The van der Waals surface area contributed by atoms with E-state index >= 15 is 0 Å². The van der Waals surface area contributed by atoms with Crippen molar-refractivity contribution in [3.05, 3.63) is 0 Å². The number of rotatable bonds is 3. The third-order valence-electron chi connectivity index (χ3n) is 3.52. The van der Waals surface area contributed by atoms with Crippen LogP contribution in [0, 0.1) is 16.7 Å². The Morgan fingerprint density at radius 2 is 1.79 bits per heavy atom. The summed E-state index contributed by atoms with van der Waals surface area (Å²) < 4.78 is 0. The second-order valence-corrected chi connectivity index (χ2v) is 5.56. The van der Waals surface area contributed by atoms with Crippen molar-refractivity contribution in [2.75, 3.05) is 0 Å². The second kappa shape index (κ2) is 3.24. The van der Waals surface area contributed by atoms with Gasteiger partial charge in [0.05, 0.1) is 6.07 Å². The Kier molecular flexibility index (Phi) is 2.67. The fourth-order valence-electron chi connectivity index (χ4n) is 2.57. The summed E-state index contributed by atoms with van der Waals surface area (Å²) in [5.74, 6) is 0. The van der Waals surface area contributed by atoms with Crippen LogP contribution in [0.5, 0.6) is 0 Å². The van der Waals surface area contributed by atoms with E-state index in [0.29, 0.717) is 0 Å². The Morgan fingerprint density at radius 3 is 2.00 bits per heavy atom. The van der Waals surface area contributed by atoms with Crippen LogP contribution in [0.3, 0.4) is 0 Å². The molecule has 1 saturated carbocycles. The van der Waals surface area contributed by atoms with Gasteiger partial charge in [-0.05, 0) is 40.0 Å². The maximum atomic E-state index is 9.31. The standard InChI is InChI=1S/C12H22N2/c1-6-11(7-2)8-12(11,9-13)14-10(3,4)5/h14H,6-8H2,1-5H3. The molecule has 0 radical (unpaired) electrons. The van der Waals surface area contributed by atoms with Gasteiger partial charge in [-0.25, -0.2) is 0 Å². The van der Waals surface area contributed by atoms with Crippen LogP contribution in [-0.2, 0) is 0 Å². The smallest absolute Gasteiger partial charge is 0.113 e. The molecule has 1 rings (SSSR count). The summed E-state index contributed by atoms with van der Waals surface area (Å²) in [5.41, 5.74) is 0.00556. The number of nitrogens with zero attached hydrogens (tertiary/aromatic N) is 1. The zero-order valence-corrected chi connectivity index (χ0v) is 10.1. The van der Waals surface area contributed by atoms with Crippen molar-refractivity contribution in [2.45, 2.75) is 65.0 Å². The van der Waals surface area contributed by atoms with Crippen LogP contribution in [0.15, 0.2) is 0 Å². The van der Waals surface area contributed by atoms with Gasteiger partial charge in [-0.15, -0.1) is 0 Å². The molecule has 0 aromatic rings. The molecule has 14 heavy (non-hydrogen) atoms. The molecular formula is C12H22N2. The minimum Gasteiger partial charge on any atom is -0.294 e. The molecule has 0 aromatic heterocycles. The van der Waals surface area contributed by atoms with Gasteiger partial charge in [-0.1, -0.05) is 13.8 Å². The monoisotopic (exact) mass is 194 g/mol. The Hall–Kier alpha value is -0.550. The number of hydrogen-bond acceptors (Lipinski definition) is 2. The lowest BCUT2D eigenvalue weighted by Gasteiger charge is -2.28. The van der Waals surface area contributed by atoms with Gasteiger partial charge in [0, 0.05) is 11.0 Å². The quantitative estimate of drug-likeness (QED) is 0.750. The second-order valence-electron chi connectivity index (χ2n) is 5.56. The fourth-order valence-corrected chi connectivity index (χ4v) is 2.57. The SMILES string of the molecule is CCC1(CC)CC1(C#N)NC(C)(C)C. The van der Waals surface area contributed by atoms with E-state index in [-0.39, 0.29) is 16.5 Å². The average Bonchev–Trinajstić information content (AvgIpc) is 2.72. The molecule has 1 aliphatic carbocycles. The summed E-state index contributed by atoms with van der Waals surface area (Å²) in [5, 5.41) is 12.8. The van der Waals surface area contributed by atoms with Gasteiger partial charge in [0.25, 0.3) is 0 Å². The number of hydrogen-bond donors (Lipinski definition) is 1. The fraction of sp³-hybridized carbons (Fsp3) is 0.917. The highest BCUT2D eigenvalue weighted by Crippen LogP contribution is 2.61. The summed E-state index contributed by atoms with van der Waals surface area (Å²) in [4.78, 5) is 0. The van der Waals surface area contributed by atoms with E-state index in [1.54, 1.807) is 0 Å². The molecule has 1 fully saturated rings. The van der Waals surface area contributed by atoms with Crippen LogP contribution in [0.25, 0.3) is 0 Å². The van der Waals surface area contributed by atoms with Crippen molar-refractivity contribution >= 4 is 0 Å². The topological polar surface area (TPSA) is 35.8 Å². The van der Waals surface area contributed by atoms with Crippen LogP contribution in [0.1, 0.15) is 53.9 Å². The molecule has 0 amide bonds. The molecule has 0 aromatic carbocycles. The van der Waals surface area contributed by atoms with E-state index in [1.165, 1.54) is 0 Å².